The molecule has 0 atom stereocenters. The van der Waals surface area contributed by atoms with Gasteiger partial charge in [0.1, 0.15) is 16.6 Å². The Morgan fingerprint density at radius 2 is 1.74 bits per heavy atom. The van der Waals surface area contributed by atoms with E-state index in [9.17, 15) is 21.6 Å². The second kappa shape index (κ2) is 5.24. The summed E-state index contributed by atoms with van der Waals surface area (Å²) in [6.07, 6.45) is 0. The molecule has 1 aliphatic rings. The van der Waals surface area contributed by atoms with Gasteiger partial charge >= 0.3 is 5.51 Å². The molecule has 0 saturated heterocycles. The van der Waals surface area contributed by atoms with E-state index in [-0.39, 0.29) is 16.5 Å². The van der Waals surface area contributed by atoms with Crippen molar-refractivity contribution in [3.63, 3.8) is 0 Å². The average molecular weight is 362 g/mol. The summed E-state index contributed by atoms with van der Waals surface area (Å²) in [4.78, 5) is 3.12. The molecule has 0 spiro atoms. The van der Waals surface area contributed by atoms with Gasteiger partial charge < -0.3 is 4.74 Å². The molecule has 1 heterocycles. The topological polar surface area (TPSA) is 55.7 Å². The van der Waals surface area contributed by atoms with Crippen LogP contribution in [0.25, 0.3) is 0 Å². The lowest BCUT2D eigenvalue weighted by molar-refractivity contribution is -0.0436. The van der Waals surface area contributed by atoms with Crippen LogP contribution >= 0.6 is 11.6 Å². The van der Waals surface area contributed by atoms with Crippen molar-refractivity contribution in [2.24, 2.45) is 4.99 Å². The van der Waals surface area contributed by atoms with Crippen LogP contribution in [0.15, 0.2) is 52.4 Å². The maximum Gasteiger partial charge on any atom is 0.501 e. The maximum absolute atomic E-state index is 12.7. The highest BCUT2D eigenvalue weighted by Crippen LogP contribution is 2.40. The first-order valence-corrected chi connectivity index (χ1v) is 8.03. The van der Waals surface area contributed by atoms with Gasteiger partial charge in [-0.05, 0) is 30.3 Å². The molecule has 0 radical (unpaired) electrons. The van der Waals surface area contributed by atoms with Gasteiger partial charge in [0.05, 0.1) is 10.5 Å². The molecular formula is C14H7ClF3NO3S. The standard InChI is InChI=1S/C14H7ClF3NO3S/c15-13-9-7-8(23(20,21)14(16,17)18)5-6-11(9)22-12-4-2-1-3-10(12)19-13/h1-7H. The Morgan fingerprint density at radius 1 is 1.04 bits per heavy atom. The first kappa shape index (κ1) is 15.8. The fourth-order valence-electron chi connectivity index (χ4n) is 1.98. The molecule has 0 amide bonds. The van der Waals surface area contributed by atoms with Crippen LogP contribution in [-0.2, 0) is 9.84 Å². The lowest BCUT2D eigenvalue weighted by atomic mass is 10.2. The summed E-state index contributed by atoms with van der Waals surface area (Å²) in [7, 11) is -5.48. The van der Waals surface area contributed by atoms with Crippen LogP contribution in [0, 0.1) is 0 Å². The van der Waals surface area contributed by atoms with Crippen molar-refractivity contribution in [3.05, 3.63) is 48.0 Å². The first-order valence-electron chi connectivity index (χ1n) is 6.17. The summed E-state index contributed by atoms with van der Waals surface area (Å²) >= 11 is 6.01. The molecule has 0 fully saturated rings. The van der Waals surface area contributed by atoms with E-state index < -0.39 is 20.2 Å². The zero-order valence-corrected chi connectivity index (χ0v) is 12.7. The zero-order chi connectivity index (χ0) is 16.8. The predicted molar refractivity (Wildman–Crippen MR) is 78.2 cm³/mol. The molecule has 4 nitrogen and oxygen atoms in total. The Hall–Kier alpha value is -2.06. The second-order valence-electron chi connectivity index (χ2n) is 4.58. The van der Waals surface area contributed by atoms with E-state index in [1.54, 1.807) is 24.3 Å². The van der Waals surface area contributed by atoms with E-state index in [4.69, 9.17) is 16.3 Å². The van der Waals surface area contributed by atoms with Gasteiger partial charge in [0, 0.05) is 0 Å². The van der Waals surface area contributed by atoms with Gasteiger partial charge in [-0.15, -0.1) is 0 Å². The van der Waals surface area contributed by atoms with Crippen LogP contribution in [-0.4, -0.2) is 19.1 Å². The molecule has 2 aromatic rings. The van der Waals surface area contributed by atoms with Gasteiger partial charge in [-0.2, -0.15) is 13.2 Å². The summed E-state index contributed by atoms with van der Waals surface area (Å²) in [6.45, 7) is 0. The monoisotopic (exact) mass is 361 g/mol. The van der Waals surface area contributed by atoms with E-state index >= 15 is 0 Å². The number of aliphatic imine (C=N–C) groups is 1. The Kier molecular flexibility index (Phi) is 3.61. The fourth-order valence-corrected chi connectivity index (χ4v) is 3.01. The molecule has 0 saturated carbocycles. The van der Waals surface area contributed by atoms with E-state index in [2.05, 4.69) is 4.99 Å². The first-order chi connectivity index (χ1) is 10.7. The Balaban J connectivity index is 2.17. The van der Waals surface area contributed by atoms with Crippen molar-refractivity contribution in [2.75, 3.05) is 0 Å². The smallest absolute Gasteiger partial charge is 0.454 e. The molecule has 9 heteroatoms. The number of rotatable bonds is 1. The number of halogens is 4. The lowest BCUT2D eigenvalue weighted by Gasteiger charge is -2.11. The highest BCUT2D eigenvalue weighted by molar-refractivity contribution is 7.92. The molecular weight excluding hydrogens is 355 g/mol. The van der Waals surface area contributed by atoms with Crippen LogP contribution in [0.2, 0.25) is 0 Å². The number of nitrogens with zero attached hydrogens (tertiary/aromatic N) is 1. The third-order valence-corrected chi connectivity index (χ3v) is 4.86. The zero-order valence-electron chi connectivity index (χ0n) is 11.1. The van der Waals surface area contributed by atoms with Crippen LogP contribution in [0.5, 0.6) is 11.5 Å². The van der Waals surface area contributed by atoms with E-state index in [0.29, 0.717) is 11.4 Å². The van der Waals surface area contributed by atoms with Gasteiger partial charge in [-0.25, -0.2) is 13.4 Å². The van der Waals surface area contributed by atoms with Gasteiger partial charge in [-0.3, -0.25) is 0 Å². The van der Waals surface area contributed by atoms with Crippen molar-refractivity contribution < 1.29 is 26.3 Å². The molecule has 0 N–H and O–H groups in total. The van der Waals surface area contributed by atoms with Crippen LogP contribution in [0.4, 0.5) is 18.9 Å². The molecule has 1 aliphatic heterocycles. The summed E-state index contributed by atoms with van der Waals surface area (Å²) < 4.78 is 66.5. The Bertz CT molecular complexity index is 923. The van der Waals surface area contributed by atoms with Crippen molar-refractivity contribution >= 4 is 32.3 Å². The SMILES string of the molecule is O=S(=O)(c1ccc2c(c1)C(Cl)=Nc1ccccc1O2)C(F)(F)F. The summed E-state index contributed by atoms with van der Waals surface area (Å²) in [6, 6.07) is 9.33. The number of para-hydroxylation sites is 2. The maximum atomic E-state index is 12.7. The normalized spacial score (nSPS) is 14.2. The molecule has 120 valence electrons. The number of hydrogen-bond donors (Lipinski definition) is 0. The number of hydrogen-bond acceptors (Lipinski definition) is 4. The minimum absolute atomic E-state index is 0.0341. The van der Waals surface area contributed by atoms with E-state index in [1.165, 1.54) is 0 Å². The number of ether oxygens (including phenoxy) is 1. The average Bonchev–Trinajstić information content (AvgIpc) is 2.61. The van der Waals surface area contributed by atoms with Crippen molar-refractivity contribution in [3.8, 4) is 11.5 Å². The molecule has 3 rings (SSSR count). The molecule has 2 aromatic carbocycles. The summed E-state index contributed by atoms with van der Waals surface area (Å²) in [5.41, 5.74) is -5.05. The van der Waals surface area contributed by atoms with Gasteiger partial charge in [-0.1, -0.05) is 23.7 Å². The molecule has 23 heavy (non-hydrogen) atoms. The second-order valence-corrected chi connectivity index (χ2v) is 6.88. The Labute approximate surface area is 134 Å². The minimum Gasteiger partial charge on any atom is -0.454 e. The highest BCUT2D eigenvalue weighted by atomic mass is 35.5. The molecule has 0 bridgehead atoms. The fraction of sp³-hybridized carbons (Fsp3) is 0.0714. The highest BCUT2D eigenvalue weighted by Gasteiger charge is 2.47. The minimum atomic E-state index is -5.48. The Morgan fingerprint density at radius 3 is 2.43 bits per heavy atom. The largest absolute Gasteiger partial charge is 0.501 e. The van der Waals surface area contributed by atoms with Gasteiger partial charge in [0.25, 0.3) is 9.84 Å². The van der Waals surface area contributed by atoms with E-state index in [0.717, 1.165) is 18.2 Å². The third-order valence-electron chi connectivity index (χ3n) is 3.09. The van der Waals surface area contributed by atoms with Crippen molar-refractivity contribution in [2.45, 2.75) is 10.4 Å². The number of sulfone groups is 1. The van der Waals surface area contributed by atoms with Crippen LogP contribution in [0.1, 0.15) is 5.56 Å². The van der Waals surface area contributed by atoms with Crippen molar-refractivity contribution in [1.82, 2.24) is 0 Å². The predicted octanol–water partition coefficient (Wildman–Crippen LogP) is 4.40. The number of fused-ring (bicyclic) bond motifs is 2. The van der Waals surface area contributed by atoms with Crippen LogP contribution < -0.4 is 4.74 Å². The van der Waals surface area contributed by atoms with Gasteiger partial charge in [0.15, 0.2) is 5.75 Å². The number of alkyl halides is 3. The summed E-state index contributed by atoms with van der Waals surface area (Å²) in [5, 5.41) is -0.163. The number of benzene rings is 2. The molecule has 0 unspecified atom stereocenters. The van der Waals surface area contributed by atoms with Gasteiger partial charge in [0.2, 0.25) is 0 Å². The molecule has 0 aromatic heterocycles. The third kappa shape index (κ3) is 2.68. The lowest BCUT2D eigenvalue weighted by Crippen LogP contribution is -2.23. The van der Waals surface area contributed by atoms with E-state index in [1.807, 2.05) is 0 Å². The summed E-state index contributed by atoms with van der Waals surface area (Å²) in [5.74, 6) is 0.473. The quantitative estimate of drug-likeness (QED) is 0.756. The van der Waals surface area contributed by atoms with Crippen molar-refractivity contribution in [1.29, 1.82) is 0 Å². The molecule has 0 aliphatic carbocycles. The van der Waals surface area contributed by atoms with Crippen LogP contribution in [0.3, 0.4) is 0 Å².